The van der Waals surface area contributed by atoms with E-state index in [-0.39, 0.29) is 4.90 Å². The Morgan fingerprint density at radius 1 is 1.00 bits per heavy atom. The average Bonchev–Trinajstić information content (AvgIpc) is 2.47. The number of rotatable bonds is 3. The first-order valence-electron chi connectivity index (χ1n) is 5.99. The fourth-order valence-corrected chi connectivity index (χ4v) is 1.83. The van der Waals surface area contributed by atoms with Crippen molar-refractivity contribution in [2.24, 2.45) is 0 Å². The molecule has 6 nitrogen and oxygen atoms in total. The Balaban J connectivity index is 0.000000211. The van der Waals surface area contributed by atoms with E-state index in [2.05, 4.69) is 0 Å². The van der Waals surface area contributed by atoms with Crippen LogP contribution in [0.15, 0.2) is 53.7 Å². The summed E-state index contributed by atoms with van der Waals surface area (Å²) in [7, 11) is -1.03. The summed E-state index contributed by atoms with van der Waals surface area (Å²) >= 11 is 0. The number of ether oxygens (including phenoxy) is 1. The summed E-state index contributed by atoms with van der Waals surface area (Å²) in [5, 5.41) is 0. The number of pyridine rings is 1. The van der Waals surface area contributed by atoms with Gasteiger partial charge in [0.15, 0.2) is 0 Å². The minimum atomic E-state index is -4.27. The molecule has 0 saturated carbocycles. The highest BCUT2D eigenvalue weighted by Crippen LogP contribution is 2.08. The van der Waals surface area contributed by atoms with E-state index in [1.54, 1.807) is 43.5 Å². The molecule has 1 aromatic heterocycles. The van der Waals surface area contributed by atoms with Gasteiger partial charge in [-0.2, -0.15) is 0 Å². The van der Waals surface area contributed by atoms with Crippen LogP contribution in [0.25, 0.3) is 0 Å². The molecule has 0 spiro atoms. The van der Waals surface area contributed by atoms with Crippen LogP contribution in [0, 0.1) is 6.92 Å². The fraction of sp³-hybridized carbons (Fsp3) is 0.214. The van der Waals surface area contributed by atoms with Crippen molar-refractivity contribution < 1.29 is 27.3 Å². The molecule has 0 aliphatic heterocycles. The lowest BCUT2D eigenvalue weighted by Gasteiger charge is -2.05. The van der Waals surface area contributed by atoms with Gasteiger partial charge in [0.25, 0.3) is 0 Å². The first-order valence-corrected chi connectivity index (χ1v) is 7.40. The molecule has 0 aliphatic carbocycles. The molecule has 1 aromatic carbocycles. The van der Waals surface area contributed by atoms with Gasteiger partial charge in [-0.25, -0.2) is 8.42 Å². The van der Waals surface area contributed by atoms with E-state index in [4.69, 9.17) is 9.57 Å². The van der Waals surface area contributed by atoms with E-state index < -0.39 is 10.1 Å². The lowest BCUT2D eigenvalue weighted by atomic mass is 10.2. The Labute approximate surface area is 124 Å². The van der Waals surface area contributed by atoms with Gasteiger partial charge >= 0.3 is 0 Å². The monoisotopic (exact) mass is 311 g/mol. The fourth-order valence-electron chi connectivity index (χ4n) is 1.36. The van der Waals surface area contributed by atoms with Crippen molar-refractivity contribution in [2.75, 3.05) is 14.2 Å². The van der Waals surface area contributed by atoms with Crippen molar-refractivity contribution in [3.63, 3.8) is 0 Å². The number of aryl methyl sites for hydroxylation is 1. The summed E-state index contributed by atoms with van der Waals surface area (Å²) in [6.45, 7) is 1.82. The second-order valence-corrected chi connectivity index (χ2v) is 5.43. The molecular formula is C14H17NO5S. The van der Waals surface area contributed by atoms with E-state index in [1.807, 2.05) is 19.1 Å². The molecule has 0 atom stereocenters. The molecule has 0 radical (unpaired) electrons. The first kappa shape index (κ1) is 16.9. The molecule has 1 heterocycles. The Morgan fingerprint density at radius 3 is 1.90 bits per heavy atom. The second-order valence-electron chi connectivity index (χ2n) is 4.05. The number of benzene rings is 1. The van der Waals surface area contributed by atoms with Crippen molar-refractivity contribution in [3.8, 4) is 5.75 Å². The summed E-state index contributed by atoms with van der Waals surface area (Å²) in [5.74, 6) is 0.827. The van der Waals surface area contributed by atoms with Crippen LogP contribution in [0.4, 0.5) is 0 Å². The minimum Gasteiger partial charge on any atom is -0.744 e. The minimum absolute atomic E-state index is 0.178. The second kappa shape index (κ2) is 7.61. The summed E-state index contributed by atoms with van der Waals surface area (Å²) in [6, 6.07) is 9.43. The number of nitrogens with zero attached hydrogens (tertiary/aromatic N) is 1. The van der Waals surface area contributed by atoms with Gasteiger partial charge in [-0.15, -0.1) is 0 Å². The molecule has 2 aromatic rings. The third-order valence-corrected chi connectivity index (χ3v) is 3.38. The van der Waals surface area contributed by atoms with E-state index in [1.165, 1.54) is 12.1 Å². The van der Waals surface area contributed by atoms with E-state index in [9.17, 15) is 13.0 Å². The Hall–Kier alpha value is -2.12. The molecular weight excluding hydrogens is 294 g/mol. The van der Waals surface area contributed by atoms with Crippen molar-refractivity contribution in [2.45, 2.75) is 11.8 Å². The number of aromatic nitrogens is 1. The van der Waals surface area contributed by atoms with Crippen molar-refractivity contribution in [3.05, 3.63) is 54.4 Å². The maximum absolute atomic E-state index is 10.4. The Morgan fingerprint density at radius 2 is 1.52 bits per heavy atom. The molecule has 0 unspecified atom stereocenters. The van der Waals surface area contributed by atoms with Gasteiger partial charge in [0, 0.05) is 16.9 Å². The Bertz CT molecular complexity index is 628. The topological polar surface area (TPSA) is 79.5 Å². The van der Waals surface area contributed by atoms with Crippen LogP contribution in [-0.4, -0.2) is 27.2 Å². The van der Waals surface area contributed by atoms with Gasteiger partial charge in [-0.3, -0.25) is 4.84 Å². The van der Waals surface area contributed by atoms with Crippen LogP contribution in [0.5, 0.6) is 5.75 Å². The molecule has 0 aliphatic rings. The van der Waals surface area contributed by atoms with Gasteiger partial charge < -0.3 is 9.29 Å². The largest absolute Gasteiger partial charge is 0.744 e. The summed E-state index contributed by atoms with van der Waals surface area (Å²) in [5.41, 5.74) is 0.928. The maximum Gasteiger partial charge on any atom is 0.226 e. The molecule has 2 rings (SSSR count). The SMILES string of the molecule is COc1cc[n+](OC)cc1.Cc1ccc(S(=O)(=O)[O-])cc1. The van der Waals surface area contributed by atoms with E-state index in [0.29, 0.717) is 0 Å². The molecule has 114 valence electrons. The van der Waals surface area contributed by atoms with Gasteiger partial charge in [-0.1, -0.05) is 17.7 Å². The zero-order valence-electron chi connectivity index (χ0n) is 12.0. The molecule has 0 bridgehead atoms. The molecule has 7 heteroatoms. The van der Waals surface area contributed by atoms with Crippen LogP contribution >= 0.6 is 0 Å². The van der Waals surface area contributed by atoms with Crippen LogP contribution in [0.3, 0.4) is 0 Å². The number of hydrogen-bond acceptors (Lipinski definition) is 5. The van der Waals surface area contributed by atoms with Gasteiger partial charge in [-0.05, 0) is 19.1 Å². The summed E-state index contributed by atoms with van der Waals surface area (Å²) in [4.78, 5) is 4.70. The van der Waals surface area contributed by atoms with E-state index in [0.717, 1.165) is 11.3 Å². The van der Waals surface area contributed by atoms with Crippen molar-refractivity contribution in [1.82, 2.24) is 0 Å². The predicted octanol–water partition coefficient (Wildman–Crippen LogP) is 0.940. The molecule has 0 N–H and O–H groups in total. The third kappa shape index (κ3) is 5.80. The van der Waals surface area contributed by atoms with Crippen LogP contribution in [0.1, 0.15) is 5.56 Å². The van der Waals surface area contributed by atoms with Gasteiger partial charge in [0.2, 0.25) is 12.4 Å². The zero-order valence-corrected chi connectivity index (χ0v) is 12.8. The molecule has 21 heavy (non-hydrogen) atoms. The van der Waals surface area contributed by atoms with Crippen LogP contribution < -0.4 is 14.3 Å². The third-order valence-electron chi connectivity index (χ3n) is 2.53. The van der Waals surface area contributed by atoms with Gasteiger partial charge in [0.1, 0.15) is 23.0 Å². The van der Waals surface area contributed by atoms with Crippen LogP contribution in [-0.2, 0) is 10.1 Å². The Kier molecular flexibility index (Phi) is 6.13. The quantitative estimate of drug-likeness (QED) is 0.622. The lowest BCUT2D eigenvalue weighted by Crippen LogP contribution is -2.39. The first-order chi connectivity index (χ1) is 9.86. The smallest absolute Gasteiger partial charge is 0.226 e. The highest BCUT2D eigenvalue weighted by molar-refractivity contribution is 7.85. The highest BCUT2D eigenvalue weighted by atomic mass is 32.2. The predicted molar refractivity (Wildman–Crippen MR) is 74.8 cm³/mol. The lowest BCUT2D eigenvalue weighted by molar-refractivity contribution is -0.885. The highest BCUT2D eigenvalue weighted by Gasteiger charge is 1.98. The average molecular weight is 311 g/mol. The van der Waals surface area contributed by atoms with Gasteiger partial charge in [0.05, 0.1) is 12.0 Å². The van der Waals surface area contributed by atoms with Crippen molar-refractivity contribution >= 4 is 10.1 Å². The van der Waals surface area contributed by atoms with Crippen molar-refractivity contribution in [1.29, 1.82) is 0 Å². The molecule has 0 amide bonds. The molecule has 0 saturated heterocycles. The van der Waals surface area contributed by atoms with E-state index >= 15 is 0 Å². The number of hydrogen-bond donors (Lipinski definition) is 0. The zero-order chi connectivity index (χ0) is 15.9. The van der Waals surface area contributed by atoms with Crippen LogP contribution in [0.2, 0.25) is 0 Å². The summed E-state index contributed by atoms with van der Waals surface area (Å²) < 4.78 is 37.7. The standard InChI is InChI=1S/C7H10NO2.C7H8O3S/c1-9-7-3-5-8(10-2)6-4-7;1-6-2-4-7(5-3-6)11(8,9)10/h3-6H,1-2H3;2-5H,1H3,(H,8,9,10)/q+1;/p-1. The summed E-state index contributed by atoms with van der Waals surface area (Å²) in [6.07, 6.45) is 3.55. The normalized spacial score (nSPS) is 10.3. The molecule has 0 fully saturated rings. The maximum atomic E-state index is 10.4. The number of methoxy groups -OCH3 is 1.